The second kappa shape index (κ2) is 6.48. The van der Waals surface area contributed by atoms with Gasteiger partial charge in [0.05, 0.1) is 18.7 Å². The molecule has 0 N–H and O–H groups in total. The zero-order valence-corrected chi connectivity index (χ0v) is 14.2. The lowest BCUT2D eigenvalue weighted by Gasteiger charge is -2.15. The fourth-order valence-electron chi connectivity index (χ4n) is 3.33. The van der Waals surface area contributed by atoms with Crippen LogP contribution in [0.15, 0.2) is 42.5 Å². The molecule has 2 amide bonds. The van der Waals surface area contributed by atoms with E-state index in [0.29, 0.717) is 17.9 Å². The molecule has 0 unspecified atom stereocenters. The molecule has 0 saturated carbocycles. The van der Waals surface area contributed by atoms with Crippen molar-refractivity contribution in [3.63, 3.8) is 0 Å². The lowest BCUT2D eigenvalue weighted by Crippen LogP contribution is -2.30. The fraction of sp³-hybridized carbons (Fsp3) is 0.300. The number of aryl methyl sites for hydroxylation is 2. The van der Waals surface area contributed by atoms with Crippen LogP contribution in [0, 0.1) is 19.8 Å². The minimum absolute atomic E-state index is 0.121. The number of carbonyl (C=O) groups is 2. The van der Waals surface area contributed by atoms with Gasteiger partial charge in [0.15, 0.2) is 0 Å². The summed E-state index contributed by atoms with van der Waals surface area (Å²) in [6.45, 7) is 4.09. The zero-order valence-electron chi connectivity index (χ0n) is 14.2. The summed E-state index contributed by atoms with van der Waals surface area (Å²) in [5, 5.41) is 0. The van der Waals surface area contributed by atoms with Crippen molar-refractivity contribution < 1.29 is 14.3 Å². The lowest BCUT2D eigenvalue weighted by molar-refractivity contribution is -0.122. The van der Waals surface area contributed by atoms with Crippen LogP contribution in [0.4, 0.5) is 5.69 Å². The van der Waals surface area contributed by atoms with Gasteiger partial charge in [0, 0.05) is 6.42 Å². The third-order valence-corrected chi connectivity index (χ3v) is 4.33. The predicted octanol–water partition coefficient (Wildman–Crippen LogP) is 3.43. The lowest BCUT2D eigenvalue weighted by atomic mass is 9.95. The first kappa shape index (κ1) is 16.2. The van der Waals surface area contributed by atoms with Crippen molar-refractivity contribution in [1.82, 2.24) is 0 Å². The smallest absolute Gasteiger partial charge is 0.237 e. The van der Waals surface area contributed by atoms with Crippen molar-refractivity contribution in [3.8, 4) is 5.75 Å². The molecule has 0 bridgehead atoms. The monoisotopic (exact) mass is 323 g/mol. The third-order valence-electron chi connectivity index (χ3n) is 4.33. The number of carbonyl (C=O) groups excluding carboxylic acids is 2. The summed E-state index contributed by atoms with van der Waals surface area (Å²) in [6, 6.07) is 13.3. The van der Waals surface area contributed by atoms with Crippen LogP contribution in [0.3, 0.4) is 0 Å². The van der Waals surface area contributed by atoms with E-state index in [1.807, 2.05) is 13.8 Å². The van der Waals surface area contributed by atoms with E-state index in [9.17, 15) is 9.59 Å². The largest absolute Gasteiger partial charge is 0.497 e. The van der Waals surface area contributed by atoms with Crippen LogP contribution in [0.5, 0.6) is 5.75 Å². The average Bonchev–Trinajstić information content (AvgIpc) is 2.80. The van der Waals surface area contributed by atoms with Gasteiger partial charge in [-0.25, -0.2) is 0 Å². The number of ether oxygens (including phenoxy) is 1. The Balaban J connectivity index is 1.80. The van der Waals surface area contributed by atoms with Crippen molar-refractivity contribution in [2.45, 2.75) is 26.7 Å². The zero-order chi connectivity index (χ0) is 17.3. The Morgan fingerprint density at radius 2 is 1.67 bits per heavy atom. The van der Waals surface area contributed by atoms with Gasteiger partial charge in [0.1, 0.15) is 5.75 Å². The van der Waals surface area contributed by atoms with E-state index in [1.165, 1.54) is 16.0 Å². The maximum atomic E-state index is 12.7. The molecule has 24 heavy (non-hydrogen) atoms. The van der Waals surface area contributed by atoms with Gasteiger partial charge in [-0.15, -0.1) is 0 Å². The average molecular weight is 323 g/mol. The number of benzene rings is 2. The van der Waals surface area contributed by atoms with Crippen molar-refractivity contribution in [3.05, 3.63) is 59.2 Å². The van der Waals surface area contributed by atoms with Crippen LogP contribution in [0.1, 0.15) is 23.1 Å². The van der Waals surface area contributed by atoms with Crippen LogP contribution in [0.25, 0.3) is 0 Å². The quantitative estimate of drug-likeness (QED) is 0.810. The number of nitrogens with zero attached hydrogens (tertiary/aromatic N) is 1. The SMILES string of the molecule is COc1ccc(N2C(=O)C[C@H](Cc3cc(C)cc(C)c3)C2=O)cc1. The van der Waals surface area contributed by atoms with Crippen LogP contribution in [-0.2, 0) is 16.0 Å². The van der Waals surface area contributed by atoms with E-state index < -0.39 is 0 Å². The molecule has 1 fully saturated rings. The molecule has 124 valence electrons. The Bertz CT molecular complexity index is 760. The number of hydrogen-bond acceptors (Lipinski definition) is 3. The van der Waals surface area contributed by atoms with Crippen LogP contribution in [0.2, 0.25) is 0 Å². The number of methoxy groups -OCH3 is 1. The molecule has 3 rings (SSSR count). The van der Waals surface area contributed by atoms with Gasteiger partial charge in [0.25, 0.3) is 0 Å². The van der Waals surface area contributed by atoms with Crippen LogP contribution < -0.4 is 9.64 Å². The van der Waals surface area contributed by atoms with Crippen molar-refractivity contribution >= 4 is 17.5 Å². The molecule has 1 atom stereocenters. The summed E-state index contributed by atoms with van der Waals surface area (Å²) in [5.74, 6) is 0.148. The van der Waals surface area contributed by atoms with E-state index in [2.05, 4.69) is 18.2 Å². The standard InChI is InChI=1S/C20H21NO3/c1-13-8-14(2)10-15(9-13)11-16-12-19(22)21(20(16)23)17-4-6-18(24-3)7-5-17/h4-10,16H,11-12H2,1-3H3/t16-/m0/s1. The van der Waals surface area contributed by atoms with Crippen molar-refractivity contribution in [2.75, 3.05) is 12.0 Å². The summed E-state index contributed by atoms with van der Waals surface area (Å²) in [4.78, 5) is 26.4. The van der Waals surface area contributed by atoms with Crippen LogP contribution >= 0.6 is 0 Å². The molecule has 1 saturated heterocycles. The Morgan fingerprint density at radius 3 is 2.25 bits per heavy atom. The predicted molar refractivity (Wildman–Crippen MR) is 93.2 cm³/mol. The third kappa shape index (κ3) is 3.18. The molecule has 1 aliphatic rings. The Kier molecular flexibility index (Phi) is 4.38. The molecule has 1 aliphatic heterocycles. The van der Waals surface area contributed by atoms with Crippen molar-refractivity contribution in [1.29, 1.82) is 0 Å². The molecule has 0 spiro atoms. The molecule has 4 nitrogen and oxygen atoms in total. The Hall–Kier alpha value is -2.62. The molecule has 2 aromatic rings. The second-order valence-electron chi connectivity index (χ2n) is 6.37. The summed E-state index contributed by atoms with van der Waals surface area (Å²) in [5.41, 5.74) is 4.06. The summed E-state index contributed by atoms with van der Waals surface area (Å²) < 4.78 is 5.12. The van der Waals surface area contributed by atoms with Crippen LogP contribution in [-0.4, -0.2) is 18.9 Å². The fourth-order valence-corrected chi connectivity index (χ4v) is 3.33. The summed E-state index contributed by atoms with van der Waals surface area (Å²) in [7, 11) is 1.58. The topological polar surface area (TPSA) is 46.6 Å². The molecule has 2 aromatic carbocycles. The highest BCUT2D eigenvalue weighted by atomic mass is 16.5. The number of anilines is 1. The minimum atomic E-state index is -0.291. The highest BCUT2D eigenvalue weighted by Crippen LogP contribution is 2.30. The number of amides is 2. The van der Waals surface area contributed by atoms with Crippen molar-refractivity contribution in [2.24, 2.45) is 5.92 Å². The Labute approximate surface area is 142 Å². The van der Waals surface area contributed by atoms with E-state index in [0.717, 1.165) is 5.56 Å². The summed E-state index contributed by atoms with van der Waals surface area (Å²) in [6.07, 6.45) is 0.859. The molecule has 0 radical (unpaired) electrons. The first-order valence-corrected chi connectivity index (χ1v) is 8.06. The Morgan fingerprint density at radius 1 is 1.04 bits per heavy atom. The van der Waals surface area contributed by atoms with E-state index in [-0.39, 0.29) is 24.2 Å². The highest BCUT2D eigenvalue weighted by Gasteiger charge is 2.39. The summed E-state index contributed by atoms with van der Waals surface area (Å²) >= 11 is 0. The van der Waals surface area contributed by atoms with Gasteiger partial charge in [0.2, 0.25) is 11.8 Å². The van der Waals surface area contributed by atoms with E-state index in [1.54, 1.807) is 31.4 Å². The van der Waals surface area contributed by atoms with Gasteiger partial charge in [-0.2, -0.15) is 0 Å². The molecular formula is C20H21NO3. The highest BCUT2D eigenvalue weighted by molar-refractivity contribution is 6.21. The number of imide groups is 1. The first-order valence-electron chi connectivity index (χ1n) is 8.06. The molecule has 1 heterocycles. The maximum absolute atomic E-state index is 12.7. The first-order chi connectivity index (χ1) is 11.5. The molecular weight excluding hydrogens is 302 g/mol. The maximum Gasteiger partial charge on any atom is 0.237 e. The van der Waals surface area contributed by atoms with Gasteiger partial charge in [-0.05, 0) is 50.1 Å². The van der Waals surface area contributed by atoms with Gasteiger partial charge < -0.3 is 4.74 Å². The molecule has 4 heteroatoms. The van der Waals surface area contributed by atoms with Gasteiger partial charge in [-0.1, -0.05) is 29.3 Å². The van der Waals surface area contributed by atoms with Gasteiger partial charge in [-0.3, -0.25) is 14.5 Å². The molecule has 0 aliphatic carbocycles. The minimum Gasteiger partial charge on any atom is -0.497 e. The normalized spacial score (nSPS) is 17.5. The molecule has 0 aromatic heterocycles. The number of hydrogen-bond donors (Lipinski definition) is 0. The van der Waals surface area contributed by atoms with Gasteiger partial charge >= 0.3 is 0 Å². The number of rotatable bonds is 4. The van der Waals surface area contributed by atoms with E-state index >= 15 is 0 Å². The van der Waals surface area contributed by atoms with E-state index in [4.69, 9.17) is 4.74 Å². The second-order valence-corrected chi connectivity index (χ2v) is 6.37.